The molecule has 7 heteroatoms. The number of nitrogens with one attached hydrogen (secondary N) is 1. The van der Waals surface area contributed by atoms with Crippen LogP contribution in [-0.2, 0) is 10.0 Å². The van der Waals surface area contributed by atoms with E-state index in [4.69, 9.17) is 5.73 Å². The lowest BCUT2D eigenvalue weighted by Crippen LogP contribution is -2.49. The Kier molecular flexibility index (Phi) is 5.57. The Balaban J connectivity index is 2.23. The Morgan fingerprint density at radius 3 is 2.57 bits per heavy atom. The quantitative estimate of drug-likeness (QED) is 0.801. The van der Waals surface area contributed by atoms with Gasteiger partial charge in [0.05, 0.1) is 4.90 Å². The van der Waals surface area contributed by atoms with Crippen molar-refractivity contribution >= 4 is 21.4 Å². The lowest BCUT2D eigenvalue weighted by Gasteiger charge is -2.26. The minimum atomic E-state index is -3.59. The van der Waals surface area contributed by atoms with Crippen molar-refractivity contribution in [1.82, 2.24) is 9.71 Å². The first-order valence-electron chi connectivity index (χ1n) is 7.61. The van der Waals surface area contributed by atoms with Gasteiger partial charge in [0.1, 0.15) is 5.01 Å². The number of hydrogen-bond donors (Lipinski definition) is 2. The highest BCUT2D eigenvalue weighted by atomic mass is 32.2. The summed E-state index contributed by atoms with van der Waals surface area (Å²) in [6, 6.07) is 6.83. The molecule has 0 radical (unpaired) electrons. The maximum atomic E-state index is 12.5. The van der Waals surface area contributed by atoms with Crippen molar-refractivity contribution in [3.8, 4) is 10.6 Å². The number of benzene rings is 1. The molecule has 0 amide bonds. The molecular weight excluding hydrogens is 330 g/mol. The molecule has 126 valence electrons. The van der Waals surface area contributed by atoms with Gasteiger partial charge in [0.15, 0.2) is 0 Å². The van der Waals surface area contributed by atoms with E-state index in [-0.39, 0.29) is 11.4 Å². The van der Waals surface area contributed by atoms with Gasteiger partial charge in [0.2, 0.25) is 10.0 Å². The molecule has 1 aromatic heterocycles. The molecule has 0 unspecified atom stereocenters. The van der Waals surface area contributed by atoms with Crippen molar-refractivity contribution in [1.29, 1.82) is 0 Å². The van der Waals surface area contributed by atoms with E-state index in [0.29, 0.717) is 12.8 Å². The summed E-state index contributed by atoms with van der Waals surface area (Å²) < 4.78 is 27.7. The molecule has 0 saturated carbocycles. The third kappa shape index (κ3) is 4.38. The Hall–Kier alpha value is -1.28. The average Bonchev–Trinajstić information content (AvgIpc) is 2.99. The van der Waals surface area contributed by atoms with Crippen molar-refractivity contribution in [3.63, 3.8) is 0 Å². The van der Waals surface area contributed by atoms with E-state index >= 15 is 0 Å². The predicted octanol–water partition coefficient (Wildman–Crippen LogP) is 2.91. The minimum Gasteiger partial charge on any atom is -0.324 e. The summed E-state index contributed by atoms with van der Waals surface area (Å²) in [6.07, 6.45) is 1.43. The number of nitrogens with zero attached hydrogens (tertiary/aromatic N) is 1. The van der Waals surface area contributed by atoms with Crippen LogP contribution in [0, 0.1) is 6.92 Å². The van der Waals surface area contributed by atoms with E-state index in [1.54, 1.807) is 18.2 Å². The van der Waals surface area contributed by atoms with E-state index in [9.17, 15) is 8.42 Å². The zero-order chi connectivity index (χ0) is 17.1. The fraction of sp³-hybridized carbons (Fsp3) is 0.438. The van der Waals surface area contributed by atoms with E-state index in [1.807, 2.05) is 32.2 Å². The second kappa shape index (κ2) is 7.09. The topological polar surface area (TPSA) is 85.1 Å². The number of rotatable bonds is 7. The van der Waals surface area contributed by atoms with Crippen molar-refractivity contribution in [2.75, 3.05) is 6.54 Å². The molecule has 23 heavy (non-hydrogen) atoms. The van der Waals surface area contributed by atoms with Gasteiger partial charge in [-0.2, -0.15) is 0 Å². The maximum Gasteiger partial charge on any atom is 0.240 e. The van der Waals surface area contributed by atoms with E-state index in [2.05, 4.69) is 9.71 Å². The monoisotopic (exact) mass is 353 g/mol. The molecule has 1 aromatic carbocycles. The summed E-state index contributed by atoms with van der Waals surface area (Å²) in [7, 11) is -3.59. The van der Waals surface area contributed by atoms with Crippen LogP contribution in [0.3, 0.4) is 0 Å². The summed E-state index contributed by atoms with van der Waals surface area (Å²) in [5.41, 5.74) is 7.38. The van der Waals surface area contributed by atoms with Crippen LogP contribution >= 0.6 is 11.3 Å². The molecule has 0 spiro atoms. The summed E-state index contributed by atoms with van der Waals surface area (Å²) in [5, 5.41) is 2.76. The third-order valence-corrected chi connectivity index (χ3v) is 6.44. The van der Waals surface area contributed by atoms with Gasteiger partial charge >= 0.3 is 0 Å². The average molecular weight is 354 g/mol. The van der Waals surface area contributed by atoms with Gasteiger partial charge < -0.3 is 5.73 Å². The molecular formula is C16H23N3O2S2. The minimum absolute atomic E-state index is 0.225. The molecule has 1 heterocycles. The molecule has 2 aromatic rings. The van der Waals surface area contributed by atoms with Gasteiger partial charge in [-0.15, -0.1) is 11.3 Å². The van der Waals surface area contributed by atoms with Crippen LogP contribution in [0.5, 0.6) is 0 Å². The van der Waals surface area contributed by atoms with Crippen molar-refractivity contribution in [3.05, 3.63) is 35.3 Å². The molecule has 0 aliphatic carbocycles. The predicted molar refractivity (Wildman–Crippen MR) is 95.0 cm³/mol. The van der Waals surface area contributed by atoms with E-state index in [0.717, 1.165) is 16.3 Å². The van der Waals surface area contributed by atoms with Crippen LogP contribution < -0.4 is 10.5 Å². The van der Waals surface area contributed by atoms with Crippen molar-refractivity contribution in [2.45, 2.75) is 44.0 Å². The van der Waals surface area contributed by atoms with E-state index < -0.39 is 15.6 Å². The Labute approximate surface area is 142 Å². The zero-order valence-electron chi connectivity index (χ0n) is 13.7. The van der Waals surface area contributed by atoms with E-state index in [1.165, 1.54) is 11.3 Å². The van der Waals surface area contributed by atoms with Crippen LogP contribution in [-0.4, -0.2) is 25.5 Å². The molecule has 0 atom stereocenters. The molecule has 5 nitrogen and oxygen atoms in total. The first kappa shape index (κ1) is 18.1. The highest BCUT2D eigenvalue weighted by Crippen LogP contribution is 2.25. The van der Waals surface area contributed by atoms with Crippen LogP contribution in [0.4, 0.5) is 0 Å². The molecule has 2 rings (SSSR count). The Morgan fingerprint density at radius 1 is 1.30 bits per heavy atom. The van der Waals surface area contributed by atoms with Crippen LogP contribution in [0.15, 0.2) is 34.5 Å². The Bertz CT molecular complexity index is 765. The first-order valence-corrected chi connectivity index (χ1v) is 9.97. The lowest BCUT2D eigenvalue weighted by atomic mass is 9.95. The van der Waals surface area contributed by atoms with Gasteiger partial charge in [0.25, 0.3) is 0 Å². The second-order valence-electron chi connectivity index (χ2n) is 5.72. The van der Waals surface area contributed by atoms with Crippen molar-refractivity contribution < 1.29 is 8.42 Å². The number of thiazole rings is 1. The van der Waals surface area contributed by atoms with Crippen LogP contribution in [0.2, 0.25) is 0 Å². The molecule has 0 fully saturated rings. The van der Waals surface area contributed by atoms with Gasteiger partial charge in [-0.05, 0) is 31.9 Å². The normalized spacial score (nSPS) is 12.5. The van der Waals surface area contributed by atoms with Crippen LogP contribution in [0.25, 0.3) is 10.6 Å². The summed E-state index contributed by atoms with van der Waals surface area (Å²) in [6.45, 7) is 6.06. The molecule has 0 saturated heterocycles. The number of aromatic nitrogens is 1. The summed E-state index contributed by atoms with van der Waals surface area (Å²) >= 11 is 1.50. The number of aryl methyl sites for hydroxylation is 1. The highest BCUT2D eigenvalue weighted by Gasteiger charge is 2.24. The van der Waals surface area contributed by atoms with Crippen LogP contribution in [0.1, 0.15) is 32.4 Å². The summed E-state index contributed by atoms with van der Waals surface area (Å²) in [4.78, 5) is 4.63. The number of hydrogen-bond acceptors (Lipinski definition) is 5. The van der Waals surface area contributed by atoms with Crippen molar-refractivity contribution in [2.24, 2.45) is 5.73 Å². The summed E-state index contributed by atoms with van der Waals surface area (Å²) in [5.74, 6) is 0. The SMILES string of the molecule is CCC(N)(CC)CNS(=O)(=O)c1cccc(-c2nc(C)cs2)c1. The fourth-order valence-electron chi connectivity index (χ4n) is 2.10. The number of nitrogens with two attached hydrogens (primary N) is 1. The zero-order valence-corrected chi connectivity index (χ0v) is 15.3. The maximum absolute atomic E-state index is 12.5. The third-order valence-electron chi connectivity index (χ3n) is 4.03. The molecule has 0 bridgehead atoms. The number of sulfonamides is 1. The van der Waals surface area contributed by atoms with Gasteiger partial charge in [0, 0.05) is 28.7 Å². The lowest BCUT2D eigenvalue weighted by molar-refractivity contribution is 0.392. The fourth-order valence-corrected chi connectivity index (χ4v) is 4.08. The molecule has 3 N–H and O–H groups in total. The molecule has 0 aliphatic heterocycles. The van der Waals surface area contributed by atoms with Gasteiger partial charge in [-0.3, -0.25) is 0 Å². The first-order chi connectivity index (χ1) is 10.8. The standard InChI is InChI=1S/C16H23N3O2S2/c1-4-16(17,5-2)11-18-23(20,21)14-8-6-7-13(9-14)15-19-12(3)10-22-15/h6-10,18H,4-5,11,17H2,1-3H3. The van der Waals surface area contributed by atoms with Gasteiger partial charge in [-0.25, -0.2) is 18.1 Å². The second-order valence-corrected chi connectivity index (χ2v) is 8.34. The largest absolute Gasteiger partial charge is 0.324 e. The van der Waals surface area contributed by atoms with Gasteiger partial charge in [-0.1, -0.05) is 26.0 Å². The Morgan fingerprint density at radius 2 is 2.00 bits per heavy atom. The highest BCUT2D eigenvalue weighted by molar-refractivity contribution is 7.89. The smallest absolute Gasteiger partial charge is 0.240 e. The molecule has 0 aliphatic rings.